The summed E-state index contributed by atoms with van der Waals surface area (Å²) in [6.07, 6.45) is -0.964. The molecule has 0 amide bonds. The number of aliphatic hydroxyl groups is 2. The molecule has 19 heavy (non-hydrogen) atoms. The maximum Gasteiger partial charge on any atom is 0.169 e. The number of hydrogen-bond donors (Lipinski definition) is 3. The summed E-state index contributed by atoms with van der Waals surface area (Å²) in [5.74, 6) is -0.538. The van der Waals surface area contributed by atoms with Crippen LogP contribution in [0.3, 0.4) is 0 Å². The van der Waals surface area contributed by atoms with Crippen molar-refractivity contribution in [1.82, 2.24) is 4.98 Å². The molecule has 3 rings (SSSR count). The minimum absolute atomic E-state index is 0.0935. The molecule has 0 aliphatic heterocycles. The number of Topliss-reactive ketones (excluding diaryl/α,β-unsaturated/α-hetero) is 1. The fourth-order valence-electron chi connectivity index (χ4n) is 2.55. The summed E-state index contributed by atoms with van der Waals surface area (Å²) >= 11 is 0. The van der Waals surface area contributed by atoms with Crippen LogP contribution >= 0.6 is 0 Å². The third-order valence-corrected chi connectivity index (χ3v) is 3.52. The van der Waals surface area contributed by atoms with Gasteiger partial charge in [0, 0.05) is 23.7 Å². The molecular formula is C14H13NO4. The van der Waals surface area contributed by atoms with Gasteiger partial charge < -0.3 is 15.3 Å². The Balaban J connectivity index is 2.38. The molecule has 1 aromatic carbocycles. The average Bonchev–Trinajstić information content (AvgIpc) is 2.35. The lowest BCUT2D eigenvalue weighted by atomic mass is 9.84. The SMILES string of the molecule is Cc1cc2cc3c(c(O)c2cn1)C(=O)CC(O)C3O. The Morgan fingerprint density at radius 1 is 1.32 bits per heavy atom. The van der Waals surface area contributed by atoms with Gasteiger partial charge >= 0.3 is 0 Å². The first-order valence-corrected chi connectivity index (χ1v) is 6.00. The smallest absolute Gasteiger partial charge is 0.169 e. The Morgan fingerprint density at radius 3 is 2.79 bits per heavy atom. The number of phenolic OH excluding ortho intramolecular Hbond substituents is 1. The topological polar surface area (TPSA) is 90.7 Å². The number of fused-ring (bicyclic) bond motifs is 2. The van der Waals surface area contributed by atoms with E-state index in [9.17, 15) is 20.1 Å². The highest BCUT2D eigenvalue weighted by Gasteiger charge is 2.34. The van der Waals surface area contributed by atoms with Gasteiger partial charge in [0.2, 0.25) is 0 Å². The van der Waals surface area contributed by atoms with Crippen molar-refractivity contribution in [3.63, 3.8) is 0 Å². The molecule has 2 unspecified atom stereocenters. The number of aryl methyl sites for hydroxylation is 1. The summed E-state index contributed by atoms with van der Waals surface area (Å²) in [5.41, 5.74) is 1.14. The lowest BCUT2D eigenvalue weighted by molar-refractivity contribution is 0.00855. The number of aliphatic hydroxyl groups excluding tert-OH is 2. The van der Waals surface area contributed by atoms with Crippen molar-refractivity contribution in [3.8, 4) is 5.75 Å². The van der Waals surface area contributed by atoms with Crippen molar-refractivity contribution in [2.75, 3.05) is 0 Å². The van der Waals surface area contributed by atoms with Crippen molar-refractivity contribution in [1.29, 1.82) is 0 Å². The minimum Gasteiger partial charge on any atom is -0.506 e. The third-order valence-electron chi connectivity index (χ3n) is 3.52. The summed E-state index contributed by atoms with van der Waals surface area (Å²) < 4.78 is 0. The first-order chi connectivity index (χ1) is 8.99. The normalized spacial score (nSPS) is 22.6. The number of benzene rings is 1. The number of hydrogen-bond acceptors (Lipinski definition) is 5. The van der Waals surface area contributed by atoms with Gasteiger partial charge in [0.1, 0.15) is 11.9 Å². The summed E-state index contributed by atoms with van der Waals surface area (Å²) in [7, 11) is 0. The second kappa shape index (κ2) is 4.01. The van der Waals surface area contributed by atoms with Gasteiger partial charge in [0.05, 0.1) is 11.7 Å². The van der Waals surface area contributed by atoms with E-state index in [1.165, 1.54) is 6.20 Å². The maximum absolute atomic E-state index is 11.9. The van der Waals surface area contributed by atoms with Gasteiger partial charge in [-0.15, -0.1) is 0 Å². The van der Waals surface area contributed by atoms with Crippen LogP contribution in [0.4, 0.5) is 0 Å². The standard InChI is InChI=1S/C14H13NO4/c1-6-2-7-3-8-12(14(19)9(7)5-15-6)10(16)4-11(17)13(8)18/h2-3,5,11,13,17-19H,4H2,1H3. The van der Waals surface area contributed by atoms with E-state index >= 15 is 0 Å². The van der Waals surface area contributed by atoms with Crippen LogP contribution in [0.15, 0.2) is 18.3 Å². The summed E-state index contributed by atoms with van der Waals surface area (Å²) in [4.78, 5) is 16.0. The van der Waals surface area contributed by atoms with Crippen molar-refractivity contribution in [3.05, 3.63) is 35.2 Å². The highest BCUT2D eigenvalue weighted by atomic mass is 16.3. The highest BCUT2D eigenvalue weighted by Crippen LogP contribution is 2.39. The van der Waals surface area contributed by atoms with E-state index in [4.69, 9.17) is 0 Å². The molecule has 5 nitrogen and oxygen atoms in total. The van der Waals surface area contributed by atoms with Gasteiger partial charge in [-0.1, -0.05) is 0 Å². The molecule has 0 radical (unpaired) electrons. The van der Waals surface area contributed by atoms with E-state index in [0.29, 0.717) is 10.8 Å². The summed E-state index contributed by atoms with van der Waals surface area (Å²) in [5, 5.41) is 31.0. The van der Waals surface area contributed by atoms with Gasteiger partial charge in [0.25, 0.3) is 0 Å². The van der Waals surface area contributed by atoms with Crippen LogP contribution in [-0.2, 0) is 0 Å². The number of ketones is 1. The summed E-state index contributed by atoms with van der Waals surface area (Å²) in [6, 6.07) is 3.39. The van der Waals surface area contributed by atoms with E-state index in [-0.39, 0.29) is 29.1 Å². The number of carbonyl (C=O) groups is 1. The zero-order valence-corrected chi connectivity index (χ0v) is 10.3. The first-order valence-electron chi connectivity index (χ1n) is 6.00. The van der Waals surface area contributed by atoms with Gasteiger partial charge in [-0.3, -0.25) is 9.78 Å². The molecule has 0 saturated heterocycles. The molecule has 2 aromatic rings. The molecule has 3 N–H and O–H groups in total. The third kappa shape index (κ3) is 1.70. The second-order valence-corrected chi connectivity index (χ2v) is 4.88. The van der Waals surface area contributed by atoms with Crippen LogP contribution in [0, 0.1) is 6.92 Å². The average molecular weight is 259 g/mol. The molecular weight excluding hydrogens is 246 g/mol. The van der Waals surface area contributed by atoms with Crippen molar-refractivity contribution in [2.24, 2.45) is 0 Å². The van der Waals surface area contributed by atoms with E-state index in [1.807, 2.05) is 6.92 Å². The van der Waals surface area contributed by atoms with Crippen molar-refractivity contribution < 1.29 is 20.1 Å². The van der Waals surface area contributed by atoms with E-state index in [2.05, 4.69) is 4.98 Å². The van der Waals surface area contributed by atoms with E-state index in [1.54, 1.807) is 12.1 Å². The second-order valence-electron chi connectivity index (χ2n) is 4.88. The zero-order valence-electron chi connectivity index (χ0n) is 10.3. The first kappa shape index (κ1) is 12.1. The largest absolute Gasteiger partial charge is 0.506 e. The number of aromatic hydroxyl groups is 1. The molecule has 2 atom stereocenters. The number of aromatic nitrogens is 1. The predicted octanol–water partition coefficient (Wildman–Crippen LogP) is 1.23. The number of phenols is 1. The van der Waals surface area contributed by atoms with Crippen molar-refractivity contribution in [2.45, 2.75) is 25.6 Å². The Hall–Kier alpha value is -1.98. The molecule has 1 aromatic heterocycles. The molecule has 0 saturated carbocycles. The van der Waals surface area contributed by atoms with Gasteiger partial charge in [-0.05, 0) is 30.0 Å². The van der Waals surface area contributed by atoms with Crippen LogP contribution < -0.4 is 0 Å². The van der Waals surface area contributed by atoms with Crippen LogP contribution in [-0.4, -0.2) is 32.2 Å². The zero-order chi connectivity index (χ0) is 13.7. The Morgan fingerprint density at radius 2 is 2.05 bits per heavy atom. The van der Waals surface area contributed by atoms with Crippen LogP contribution in [0.1, 0.15) is 34.1 Å². The summed E-state index contributed by atoms with van der Waals surface area (Å²) in [6.45, 7) is 1.81. The predicted molar refractivity (Wildman–Crippen MR) is 68.1 cm³/mol. The van der Waals surface area contributed by atoms with Crippen LogP contribution in [0.25, 0.3) is 10.8 Å². The van der Waals surface area contributed by atoms with Crippen molar-refractivity contribution >= 4 is 16.6 Å². The molecule has 0 fully saturated rings. The van der Waals surface area contributed by atoms with Crippen LogP contribution in [0.5, 0.6) is 5.75 Å². The fraction of sp³-hybridized carbons (Fsp3) is 0.286. The fourth-order valence-corrected chi connectivity index (χ4v) is 2.55. The molecule has 0 bridgehead atoms. The molecule has 98 valence electrons. The highest BCUT2D eigenvalue weighted by molar-refractivity contribution is 6.07. The number of carbonyl (C=O) groups excluding carboxylic acids is 1. The van der Waals surface area contributed by atoms with E-state index < -0.39 is 12.2 Å². The number of pyridine rings is 1. The molecule has 1 heterocycles. The molecule has 0 spiro atoms. The quantitative estimate of drug-likeness (QED) is 0.662. The molecule has 1 aliphatic rings. The Kier molecular flexibility index (Phi) is 2.55. The number of rotatable bonds is 0. The van der Waals surface area contributed by atoms with Crippen LogP contribution in [0.2, 0.25) is 0 Å². The van der Waals surface area contributed by atoms with E-state index in [0.717, 1.165) is 5.69 Å². The lowest BCUT2D eigenvalue weighted by Gasteiger charge is -2.26. The monoisotopic (exact) mass is 259 g/mol. The van der Waals surface area contributed by atoms with Gasteiger partial charge in [0.15, 0.2) is 5.78 Å². The molecule has 5 heteroatoms. The Bertz CT molecular complexity index is 695. The number of nitrogens with zero attached hydrogens (tertiary/aromatic N) is 1. The Labute approximate surface area is 109 Å². The maximum atomic E-state index is 11.9. The van der Waals surface area contributed by atoms with Gasteiger partial charge in [-0.2, -0.15) is 0 Å². The van der Waals surface area contributed by atoms with Gasteiger partial charge in [-0.25, -0.2) is 0 Å². The lowest BCUT2D eigenvalue weighted by Crippen LogP contribution is -2.29. The minimum atomic E-state index is -1.16. The molecule has 1 aliphatic carbocycles.